The second kappa shape index (κ2) is 14.1. The van der Waals surface area contributed by atoms with Crippen LogP contribution in [-0.2, 0) is 14.9 Å². The van der Waals surface area contributed by atoms with E-state index in [1.807, 2.05) is 18.2 Å². The van der Waals surface area contributed by atoms with E-state index in [2.05, 4.69) is 23.6 Å². The highest BCUT2D eigenvalue weighted by atomic mass is 32.2. The molecule has 1 saturated carbocycles. The van der Waals surface area contributed by atoms with E-state index in [-0.39, 0.29) is 12.1 Å². The van der Waals surface area contributed by atoms with Crippen LogP contribution in [-0.4, -0.2) is 63.6 Å². The molecule has 1 fully saturated rings. The first-order valence-corrected chi connectivity index (χ1v) is 13.5. The molecule has 1 aliphatic rings. The smallest absolute Gasteiger partial charge is 0.301 e. The number of nitrogens with one attached hydrogen (secondary N) is 1. The molecule has 0 radical (unpaired) electrons. The van der Waals surface area contributed by atoms with Crippen LogP contribution in [0.1, 0.15) is 71.1 Å². The summed E-state index contributed by atoms with van der Waals surface area (Å²) < 4.78 is 35.6. The Balaban J connectivity index is 1.58. The van der Waals surface area contributed by atoms with Crippen LogP contribution in [0.3, 0.4) is 0 Å². The van der Waals surface area contributed by atoms with Crippen LogP contribution in [0.15, 0.2) is 30.3 Å². The van der Waals surface area contributed by atoms with E-state index >= 15 is 0 Å². The van der Waals surface area contributed by atoms with Crippen molar-refractivity contribution in [1.82, 2.24) is 9.21 Å². The van der Waals surface area contributed by atoms with Gasteiger partial charge in [0.25, 0.3) is 0 Å². The second-order valence-electron chi connectivity index (χ2n) is 8.86. The summed E-state index contributed by atoms with van der Waals surface area (Å²) in [6.07, 6.45) is 11.3. The van der Waals surface area contributed by atoms with E-state index in [0.717, 1.165) is 38.7 Å². The number of benzene rings is 1. The molecule has 1 N–H and O–H groups in total. The first-order valence-electron chi connectivity index (χ1n) is 12.0. The summed E-state index contributed by atoms with van der Waals surface area (Å²) in [6, 6.07) is 9.08. The molecular formula is C24H43N3O3S. The van der Waals surface area contributed by atoms with E-state index in [1.54, 1.807) is 19.2 Å². The zero-order valence-corrected chi connectivity index (χ0v) is 20.6. The number of ether oxygens (including phenoxy) is 1. The molecule has 0 atom stereocenters. The Kier molecular flexibility index (Phi) is 11.9. The van der Waals surface area contributed by atoms with Gasteiger partial charge in [-0.2, -0.15) is 12.7 Å². The average Bonchev–Trinajstić information content (AvgIpc) is 2.76. The predicted octanol–water partition coefficient (Wildman–Crippen LogP) is 4.90. The van der Waals surface area contributed by atoms with Crippen molar-refractivity contribution >= 4 is 15.9 Å². The monoisotopic (exact) mass is 453 g/mol. The molecular weight excluding hydrogens is 410 g/mol. The highest BCUT2D eigenvalue weighted by Gasteiger charge is 2.30. The van der Waals surface area contributed by atoms with E-state index < -0.39 is 10.2 Å². The number of anilines is 1. The van der Waals surface area contributed by atoms with Crippen molar-refractivity contribution in [2.24, 2.45) is 0 Å². The summed E-state index contributed by atoms with van der Waals surface area (Å²) in [6.45, 7) is 5.44. The number of hydrogen-bond acceptors (Lipinski definition) is 4. The third-order valence-electron chi connectivity index (χ3n) is 6.24. The van der Waals surface area contributed by atoms with Gasteiger partial charge < -0.3 is 9.64 Å². The van der Waals surface area contributed by atoms with Gasteiger partial charge in [0.05, 0.1) is 6.10 Å². The van der Waals surface area contributed by atoms with Crippen LogP contribution in [0.5, 0.6) is 0 Å². The van der Waals surface area contributed by atoms with Crippen LogP contribution in [0.2, 0.25) is 0 Å². The van der Waals surface area contributed by atoms with Gasteiger partial charge in [-0.3, -0.25) is 4.72 Å². The Morgan fingerprint density at radius 3 is 2.23 bits per heavy atom. The van der Waals surface area contributed by atoms with Crippen molar-refractivity contribution < 1.29 is 13.2 Å². The molecule has 0 amide bonds. The molecule has 1 aromatic carbocycles. The normalized spacial score (nSPS) is 19.8. The van der Waals surface area contributed by atoms with Crippen LogP contribution in [0.25, 0.3) is 0 Å². The molecule has 0 aromatic heterocycles. The molecule has 0 saturated heterocycles. The molecule has 178 valence electrons. The summed E-state index contributed by atoms with van der Waals surface area (Å²) in [4.78, 5) is 2.44. The minimum Gasteiger partial charge on any atom is -0.378 e. The SMILES string of the molecule is CCCCCN(C)CCCCCO[C@H]1CC[C@H](N(C)S(=O)(=O)Nc2ccccc2)CC1. The molecule has 0 spiro atoms. The van der Waals surface area contributed by atoms with E-state index in [9.17, 15) is 8.42 Å². The maximum Gasteiger partial charge on any atom is 0.301 e. The Bertz CT molecular complexity index is 691. The number of rotatable bonds is 15. The maximum absolute atomic E-state index is 12.7. The molecule has 7 heteroatoms. The number of para-hydroxylation sites is 1. The van der Waals surface area contributed by atoms with Gasteiger partial charge in [0.2, 0.25) is 0 Å². The summed E-state index contributed by atoms with van der Waals surface area (Å²) in [5, 5.41) is 0. The zero-order chi connectivity index (χ0) is 22.5. The third kappa shape index (κ3) is 9.89. The molecule has 0 aliphatic heterocycles. The predicted molar refractivity (Wildman–Crippen MR) is 130 cm³/mol. The van der Waals surface area contributed by atoms with Crippen LogP contribution in [0, 0.1) is 0 Å². The molecule has 0 unspecified atom stereocenters. The molecule has 6 nitrogen and oxygen atoms in total. The molecule has 0 bridgehead atoms. The summed E-state index contributed by atoms with van der Waals surface area (Å²) in [5.74, 6) is 0. The highest BCUT2D eigenvalue weighted by molar-refractivity contribution is 7.90. The van der Waals surface area contributed by atoms with Gasteiger partial charge in [0.1, 0.15) is 0 Å². The minimum atomic E-state index is -3.53. The van der Waals surface area contributed by atoms with Crippen molar-refractivity contribution in [2.75, 3.05) is 38.5 Å². The van der Waals surface area contributed by atoms with Crippen molar-refractivity contribution in [2.45, 2.75) is 83.3 Å². The van der Waals surface area contributed by atoms with Gasteiger partial charge >= 0.3 is 10.2 Å². The van der Waals surface area contributed by atoms with E-state index in [1.165, 1.54) is 49.5 Å². The fraction of sp³-hybridized carbons (Fsp3) is 0.750. The summed E-state index contributed by atoms with van der Waals surface area (Å²) in [7, 11) is 0.363. The third-order valence-corrected chi connectivity index (χ3v) is 7.79. The van der Waals surface area contributed by atoms with E-state index in [4.69, 9.17) is 4.74 Å². The van der Waals surface area contributed by atoms with E-state index in [0.29, 0.717) is 5.69 Å². The zero-order valence-electron chi connectivity index (χ0n) is 19.8. The topological polar surface area (TPSA) is 61.9 Å². The Morgan fingerprint density at radius 1 is 0.935 bits per heavy atom. The van der Waals surface area contributed by atoms with Crippen molar-refractivity contribution in [3.8, 4) is 0 Å². The van der Waals surface area contributed by atoms with Crippen LogP contribution >= 0.6 is 0 Å². The molecule has 31 heavy (non-hydrogen) atoms. The second-order valence-corrected chi connectivity index (χ2v) is 10.6. The van der Waals surface area contributed by atoms with Crippen LogP contribution in [0.4, 0.5) is 5.69 Å². The molecule has 0 heterocycles. The lowest BCUT2D eigenvalue weighted by atomic mass is 9.93. The fourth-order valence-corrected chi connectivity index (χ4v) is 5.33. The summed E-state index contributed by atoms with van der Waals surface area (Å²) in [5.41, 5.74) is 0.596. The van der Waals surface area contributed by atoms with Crippen molar-refractivity contribution in [3.63, 3.8) is 0 Å². The standard InChI is InChI=1S/C24H43N3O3S/c1-4-5-10-19-26(2)20-11-7-12-21-30-24-17-15-23(16-18-24)27(3)31(28,29)25-22-13-8-6-9-14-22/h6,8-9,13-14,23-25H,4-5,7,10-12,15-21H2,1-3H3/t23-,24-. The minimum absolute atomic E-state index is 0.0318. The van der Waals surface area contributed by atoms with Crippen molar-refractivity contribution in [3.05, 3.63) is 30.3 Å². The lowest BCUT2D eigenvalue weighted by Gasteiger charge is -2.34. The average molecular weight is 454 g/mol. The van der Waals surface area contributed by atoms with Gasteiger partial charge in [-0.25, -0.2) is 0 Å². The lowest BCUT2D eigenvalue weighted by Crippen LogP contribution is -2.43. The van der Waals surface area contributed by atoms with Gasteiger partial charge in [-0.15, -0.1) is 0 Å². The molecule has 1 aromatic rings. The number of nitrogens with zero attached hydrogens (tertiary/aromatic N) is 2. The van der Waals surface area contributed by atoms with Crippen molar-refractivity contribution in [1.29, 1.82) is 0 Å². The Labute approximate surface area is 190 Å². The first-order chi connectivity index (χ1) is 14.9. The highest BCUT2D eigenvalue weighted by Crippen LogP contribution is 2.26. The largest absolute Gasteiger partial charge is 0.378 e. The van der Waals surface area contributed by atoms with Crippen LogP contribution < -0.4 is 4.72 Å². The Hall–Kier alpha value is -1.15. The number of hydrogen-bond donors (Lipinski definition) is 1. The maximum atomic E-state index is 12.7. The first kappa shape index (κ1) is 26.1. The fourth-order valence-electron chi connectivity index (χ4n) is 4.15. The van der Waals surface area contributed by atoms with Gasteiger partial charge in [0, 0.05) is 25.4 Å². The van der Waals surface area contributed by atoms with Gasteiger partial charge in [0.15, 0.2) is 0 Å². The van der Waals surface area contributed by atoms with Gasteiger partial charge in [-0.05, 0) is 83.6 Å². The Morgan fingerprint density at radius 2 is 1.58 bits per heavy atom. The van der Waals surface area contributed by atoms with Gasteiger partial charge in [-0.1, -0.05) is 38.0 Å². The molecule has 2 rings (SSSR count). The quantitative estimate of drug-likeness (QED) is 0.384. The summed E-state index contributed by atoms with van der Waals surface area (Å²) >= 11 is 0. The molecule has 1 aliphatic carbocycles. The lowest BCUT2D eigenvalue weighted by molar-refractivity contribution is 0.0156. The number of unbranched alkanes of at least 4 members (excludes halogenated alkanes) is 4.